The van der Waals surface area contributed by atoms with Gasteiger partial charge in [-0.2, -0.15) is 0 Å². The Morgan fingerprint density at radius 3 is 2.29 bits per heavy atom. The summed E-state index contributed by atoms with van der Waals surface area (Å²) in [6.07, 6.45) is 3.33. The third-order valence-corrected chi connectivity index (χ3v) is 4.31. The van der Waals surface area contributed by atoms with E-state index in [1.807, 2.05) is 24.3 Å². The van der Waals surface area contributed by atoms with Gasteiger partial charge >= 0.3 is 0 Å². The van der Waals surface area contributed by atoms with Gasteiger partial charge in [0.25, 0.3) is 0 Å². The van der Waals surface area contributed by atoms with Crippen LogP contribution in [0.1, 0.15) is 49.0 Å². The van der Waals surface area contributed by atoms with Crippen molar-refractivity contribution in [3.05, 3.63) is 35.4 Å². The van der Waals surface area contributed by atoms with Crippen molar-refractivity contribution in [2.45, 2.75) is 40.0 Å². The van der Waals surface area contributed by atoms with Gasteiger partial charge in [0.1, 0.15) is 0 Å². The van der Waals surface area contributed by atoms with Crippen LogP contribution in [0.3, 0.4) is 0 Å². The Hall–Kier alpha value is -1.11. The maximum Gasteiger partial charge on any atom is 0.165 e. The summed E-state index contributed by atoms with van der Waals surface area (Å²) in [7, 11) is 0. The maximum atomic E-state index is 12.4. The van der Waals surface area contributed by atoms with Crippen LogP contribution in [0.15, 0.2) is 24.3 Å². The van der Waals surface area contributed by atoms with E-state index in [-0.39, 0.29) is 5.92 Å². The number of Topliss-reactive ketones (excluding diaryl/α,β-unsaturated/α-hetero) is 1. The summed E-state index contributed by atoms with van der Waals surface area (Å²) in [6.45, 7) is 6.63. The van der Waals surface area contributed by atoms with E-state index in [0.717, 1.165) is 24.3 Å². The quantitative estimate of drug-likeness (QED) is 0.694. The molecule has 1 saturated carbocycles. The number of rotatable bonds is 2. The first-order valence-corrected chi connectivity index (χ1v) is 6.69. The second kappa shape index (κ2) is 5.03. The van der Waals surface area contributed by atoms with Crippen LogP contribution in [0, 0.1) is 24.7 Å². The Kier molecular flexibility index (Phi) is 3.66. The molecule has 0 saturated heterocycles. The van der Waals surface area contributed by atoms with Crippen molar-refractivity contribution >= 4 is 5.78 Å². The number of carbonyl (C=O) groups is 1. The van der Waals surface area contributed by atoms with Gasteiger partial charge < -0.3 is 0 Å². The van der Waals surface area contributed by atoms with E-state index in [9.17, 15) is 4.79 Å². The molecule has 0 spiro atoms. The summed E-state index contributed by atoms with van der Waals surface area (Å²) in [4.78, 5) is 12.4. The van der Waals surface area contributed by atoms with Gasteiger partial charge in [0.2, 0.25) is 0 Å². The standard InChI is InChI=1S/C16H22O/c1-11-4-7-14(8-5-11)16(17)15-9-6-12(2)13(3)10-15/h4-5,7-8,12-13,15H,6,9-10H2,1-3H3. The molecule has 0 heterocycles. The molecule has 17 heavy (non-hydrogen) atoms. The Morgan fingerprint density at radius 2 is 1.71 bits per heavy atom. The average molecular weight is 230 g/mol. The monoisotopic (exact) mass is 230 g/mol. The summed E-state index contributed by atoms with van der Waals surface area (Å²) >= 11 is 0. The Morgan fingerprint density at radius 1 is 1.06 bits per heavy atom. The maximum absolute atomic E-state index is 12.4. The molecular formula is C16H22O. The van der Waals surface area contributed by atoms with Crippen LogP contribution in [0.25, 0.3) is 0 Å². The molecule has 1 aromatic rings. The van der Waals surface area contributed by atoms with Crippen LogP contribution in [-0.2, 0) is 0 Å². The van der Waals surface area contributed by atoms with Gasteiger partial charge in [-0.3, -0.25) is 4.79 Å². The van der Waals surface area contributed by atoms with Crippen molar-refractivity contribution in [2.75, 3.05) is 0 Å². The van der Waals surface area contributed by atoms with E-state index >= 15 is 0 Å². The lowest BCUT2D eigenvalue weighted by Gasteiger charge is -2.31. The molecule has 2 rings (SSSR count). The van der Waals surface area contributed by atoms with Crippen LogP contribution >= 0.6 is 0 Å². The first kappa shape index (κ1) is 12.3. The fourth-order valence-electron chi connectivity index (χ4n) is 2.74. The summed E-state index contributed by atoms with van der Waals surface area (Å²) in [5.74, 6) is 2.06. The largest absolute Gasteiger partial charge is 0.294 e. The molecule has 0 aromatic heterocycles. The predicted octanol–water partition coefficient (Wildman–Crippen LogP) is 4.25. The SMILES string of the molecule is Cc1ccc(C(=O)C2CCC(C)C(C)C2)cc1. The van der Waals surface area contributed by atoms with Crippen molar-refractivity contribution in [3.8, 4) is 0 Å². The van der Waals surface area contributed by atoms with Crippen LogP contribution in [0.4, 0.5) is 0 Å². The molecule has 1 aromatic carbocycles. The summed E-state index contributed by atoms with van der Waals surface area (Å²) in [5, 5.41) is 0. The van der Waals surface area contributed by atoms with Crippen LogP contribution in [-0.4, -0.2) is 5.78 Å². The molecular weight excluding hydrogens is 208 g/mol. The first-order chi connectivity index (χ1) is 8.08. The number of aryl methyl sites for hydroxylation is 1. The number of hydrogen-bond donors (Lipinski definition) is 0. The van der Waals surface area contributed by atoms with Crippen LogP contribution in [0.5, 0.6) is 0 Å². The molecule has 1 nitrogen and oxygen atoms in total. The highest BCUT2D eigenvalue weighted by atomic mass is 16.1. The topological polar surface area (TPSA) is 17.1 Å². The lowest BCUT2D eigenvalue weighted by molar-refractivity contribution is 0.0837. The molecule has 0 aliphatic heterocycles. The zero-order valence-electron chi connectivity index (χ0n) is 11.1. The predicted molar refractivity (Wildman–Crippen MR) is 71.2 cm³/mol. The van der Waals surface area contributed by atoms with E-state index in [2.05, 4.69) is 20.8 Å². The van der Waals surface area contributed by atoms with E-state index in [4.69, 9.17) is 0 Å². The number of carbonyl (C=O) groups excluding carboxylic acids is 1. The molecule has 3 atom stereocenters. The minimum absolute atomic E-state index is 0.254. The highest BCUT2D eigenvalue weighted by Gasteiger charge is 2.29. The van der Waals surface area contributed by atoms with Gasteiger partial charge in [-0.05, 0) is 38.0 Å². The molecule has 92 valence electrons. The van der Waals surface area contributed by atoms with E-state index in [1.54, 1.807) is 0 Å². The summed E-state index contributed by atoms with van der Waals surface area (Å²) in [6, 6.07) is 8.00. The number of ketones is 1. The van der Waals surface area contributed by atoms with E-state index in [1.165, 1.54) is 12.0 Å². The normalized spacial score (nSPS) is 29.0. The number of benzene rings is 1. The minimum atomic E-state index is 0.254. The van der Waals surface area contributed by atoms with E-state index < -0.39 is 0 Å². The van der Waals surface area contributed by atoms with Gasteiger partial charge in [-0.15, -0.1) is 0 Å². The van der Waals surface area contributed by atoms with Gasteiger partial charge in [-0.25, -0.2) is 0 Å². The molecule has 1 heteroatoms. The molecule has 1 fully saturated rings. The molecule has 0 bridgehead atoms. The molecule has 1 aliphatic carbocycles. The van der Waals surface area contributed by atoms with Gasteiger partial charge in [0.05, 0.1) is 0 Å². The molecule has 3 unspecified atom stereocenters. The zero-order chi connectivity index (χ0) is 12.4. The van der Waals surface area contributed by atoms with Crippen molar-refractivity contribution < 1.29 is 4.79 Å². The Balaban J connectivity index is 2.08. The molecule has 0 N–H and O–H groups in total. The minimum Gasteiger partial charge on any atom is -0.294 e. The summed E-state index contributed by atoms with van der Waals surface area (Å²) in [5.41, 5.74) is 2.11. The first-order valence-electron chi connectivity index (χ1n) is 6.69. The molecule has 0 amide bonds. The lowest BCUT2D eigenvalue weighted by atomic mass is 9.73. The highest BCUT2D eigenvalue weighted by molar-refractivity contribution is 5.97. The third kappa shape index (κ3) is 2.77. The highest BCUT2D eigenvalue weighted by Crippen LogP contribution is 2.34. The molecule has 0 radical (unpaired) electrons. The van der Waals surface area contributed by atoms with Crippen molar-refractivity contribution in [3.63, 3.8) is 0 Å². The summed E-state index contributed by atoms with van der Waals surface area (Å²) < 4.78 is 0. The van der Waals surface area contributed by atoms with Crippen LogP contribution in [0.2, 0.25) is 0 Å². The van der Waals surface area contributed by atoms with Crippen molar-refractivity contribution in [2.24, 2.45) is 17.8 Å². The average Bonchev–Trinajstić information content (AvgIpc) is 2.33. The Bertz CT molecular complexity index is 390. The van der Waals surface area contributed by atoms with Gasteiger partial charge in [0.15, 0.2) is 5.78 Å². The molecule has 1 aliphatic rings. The van der Waals surface area contributed by atoms with E-state index in [0.29, 0.717) is 11.7 Å². The third-order valence-electron chi connectivity index (χ3n) is 4.31. The van der Waals surface area contributed by atoms with Crippen molar-refractivity contribution in [1.29, 1.82) is 0 Å². The lowest BCUT2D eigenvalue weighted by Crippen LogP contribution is -2.26. The fraction of sp³-hybridized carbons (Fsp3) is 0.562. The van der Waals surface area contributed by atoms with Crippen LogP contribution < -0.4 is 0 Å². The number of hydrogen-bond acceptors (Lipinski definition) is 1. The zero-order valence-corrected chi connectivity index (χ0v) is 11.1. The Labute approximate surface area is 104 Å². The second-order valence-corrected chi connectivity index (χ2v) is 5.69. The second-order valence-electron chi connectivity index (χ2n) is 5.69. The fourth-order valence-corrected chi connectivity index (χ4v) is 2.74. The smallest absolute Gasteiger partial charge is 0.165 e. The van der Waals surface area contributed by atoms with Gasteiger partial charge in [0, 0.05) is 11.5 Å². The van der Waals surface area contributed by atoms with Gasteiger partial charge in [-0.1, -0.05) is 43.7 Å². The van der Waals surface area contributed by atoms with Crippen molar-refractivity contribution in [1.82, 2.24) is 0 Å².